The fraction of sp³-hybridized carbons (Fsp3) is 0.133. The van der Waals surface area contributed by atoms with E-state index in [9.17, 15) is 9.18 Å². The van der Waals surface area contributed by atoms with Crippen LogP contribution in [0.25, 0.3) is 0 Å². The number of benzene rings is 2. The molecule has 0 atom stereocenters. The molecule has 1 N–H and O–H groups in total. The van der Waals surface area contributed by atoms with Crippen molar-refractivity contribution in [2.24, 2.45) is 0 Å². The number of halogens is 1. The number of fused-ring (bicyclic) bond motifs is 1. The summed E-state index contributed by atoms with van der Waals surface area (Å²) in [7, 11) is 0. The molecule has 0 radical (unpaired) electrons. The monoisotopic (exact) mass is 272 g/mol. The van der Waals surface area contributed by atoms with Gasteiger partial charge in [0.05, 0.1) is 12.2 Å². The summed E-state index contributed by atoms with van der Waals surface area (Å²) >= 11 is 0. The van der Waals surface area contributed by atoms with Gasteiger partial charge in [0.25, 0.3) is 0 Å². The molecule has 0 aromatic heterocycles. The summed E-state index contributed by atoms with van der Waals surface area (Å²) in [6.45, 7) is 0.928. The summed E-state index contributed by atoms with van der Waals surface area (Å²) in [6, 6.07) is 12.8. The van der Waals surface area contributed by atoms with Crippen molar-refractivity contribution in [3.63, 3.8) is 0 Å². The molecule has 5 heteroatoms. The second-order valence-electron chi connectivity index (χ2n) is 4.40. The Balaban J connectivity index is 1.80. The van der Waals surface area contributed by atoms with Crippen LogP contribution in [0.5, 0.6) is 5.75 Å². The summed E-state index contributed by atoms with van der Waals surface area (Å²) in [5.74, 6) is 0.354. The van der Waals surface area contributed by atoms with E-state index in [1.165, 1.54) is 24.3 Å². The van der Waals surface area contributed by atoms with Gasteiger partial charge in [-0.15, -0.1) is 0 Å². The Hall–Kier alpha value is -2.56. The van der Waals surface area contributed by atoms with Crippen molar-refractivity contribution in [2.75, 3.05) is 23.4 Å². The van der Waals surface area contributed by atoms with Gasteiger partial charge in [-0.3, -0.25) is 4.90 Å². The van der Waals surface area contributed by atoms with Gasteiger partial charge in [0.2, 0.25) is 0 Å². The zero-order chi connectivity index (χ0) is 13.9. The number of urea groups is 1. The molecule has 0 unspecified atom stereocenters. The zero-order valence-electron chi connectivity index (χ0n) is 10.7. The van der Waals surface area contributed by atoms with Crippen molar-refractivity contribution in [3.05, 3.63) is 54.3 Å². The van der Waals surface area contributed by atoms with E-state index in [4.69, 9.17) is 4.74 Å². The number of hydrogen-bond acceptors (Lipinski definition) is 2. The van der Waals surface area contributed by atoms with Crippen molar-refractivity contribution >= 4 is 17.4 Å². The number of anilines is 2. The van der Waals surface area contributed by atoms with Gasteiger partial charge in [-0.05, 0) is 36.4 Å². The van der Waals surface area contributed by atoms with Gasteiger partial charge >= 0.3 is 6.03 Å². The third-order valence-electron chi connectivity index (χ3n) is 3.07. The summed E-state index contributed by atoms with van der Waals surface area (Å²) in [5.41, 5.74) is 1.29. The smallest absolute Gasteiger partial charge is 0.326 e. The minimum Gasteiger partial charge on any atom is -0.490 e. The number of nitrogens with zero attached hydrogens (tertiary/aromatic N) is 1. The molecule has 0 saturated carbocycles. The summed E-state index contributed by atoms with van der Waals surface area (Å²) in [4.78, 5) is 13.9. The molecular weight excluding hydrogens is 259 g/mol. The van der Waals surface area contributed by atoms with Gasteiger partial charge in [0.15, 0.2) is 0 Å². The second-order valence-corrected chi connectivity index (χ2v) is 4.40. The number of para-hydroxylation sites is 2. The van der Waals surface area contributed by atoms with Crippen molar-refractivity contribution in [1.82, 2.24) is 0 Å². The van der Waals surface area contributed by atoms with Crippen molar-refractivity contribution in [2.45, 2.75) is 0 Å². The number of amides is 2. The van der Waals surface area contributed by atoms with Crippen LogP contribution in [-0.2, 0) is 0 Å². The van der Waals surface area contributed by atoms with Crippen LogP contribution >= 0.6 is 0 Å². The third kappa shape index (κ3) is 2.42. The zero-order valence-corrected chi connectivity index (χ0v) is 10.7. The minimum absolute atomic E-state index is 0.257. The lowest BCUT2D eigenvalue weighted by atomic mass is 10.2. The number of carbonyl (C=O) groups is 1. The molecule has 2 aromatic rings. The average Bonchev–Trinajstić information content (AvgIpc) is 2.49. The molecule has 0 saturated heterocycles. The Labute approximate surface area is 115 Å². The van der Waals surface area contributed by atoms with Gasteiger partial charge in [-0.1, -0.05) is 12.1 Å². The Morgan fingerprint density at radius 1 is 1.15 bits per heavy atom. The van der Waals surface area contributed by atoms with Crippen LogP contribution in [0.4, 0.5) is 20.6 Å². The van der Waals surface area contributed by atoms with Crippen LogP contribution in [0.2, 0.25) is 0 Å². The molecule has 20 heavy (non-hydrogen) atoms. The molecule has 0 bridgehead atoms. The lowest BCUT2D eigenvalue weighted by Crippen LogP contribution is -2.40. The summed E-state index contributed by atoms with van der Waals surface area (Å²) in [5, 5.41) is 2.74. The average molecular weight is 272 g/mol. The maximum Gasteiger partial charge on any atom is 0.326 e. The standard InChI is InChI=1S/C15H13FN2O2/c16-11-5-7-12(8-6-11)17-15(19)18-9-10-20-14-4-2-1-3-13(14)18/h1-8H,9-10H2,(H,17,19). The van der Waals surface area contributed by atoms with Crippen LogP contribution in [0.15, 0.2) is 48.5 Å². The predicted molar refractivity (Wildman–Crippen MR) is 74.7 cm³/mol. The van der Waals surface area contributed by atoms with E-state index in [0.29, 0.717) is 24.6 Å². The van der Waals surface area contributed by atoms with Gasteiger partial charge in [0.1, 0.15) is 18.2 Å². The first-order chi connectivity index (χ1) is 9.74. The van der Waals surface area contributed by atoms with Crippen LogP contribution < -0.4 is 15.0 Å². The SMILES string of the molecule is O=C(Nc1ccc(F)cc1)N1CCOc2ccccc21. The topological polar surface area (TPSA) is 41.6 Å². The first-order valence-electron chi connectivity index (χ1n) is 6.30. The normalized spacial score (nSPS) is 13.3. The molecule has 1 aliphatic heterocycles. The van der Waals surface area contributed by atoms with Gasteiger partial charge < -0.3 is 10.1 Å². The first kappa shape index (κ1) is 12.5. The van der Waals surface area contributed by atoms with E-state index in [0.717, 1.165) is 5.69 Å². The van der Waals surface area contributed by atoms with E-state index >= 15 is 0 Å². The first-order valence-corrected chi connectivity index (χ1v) is 6.30. The van der Waals surface area contributed by atoms with Crippen molar-refractivity contribution in [3.8, 4) is 5.75 Å². The summed E-state index contributed by atoms with van der Waals surface area (Å²) < 4.78 is 18.3. The Kier molecular flexibility index (Phi) is 3.25. The fourth-order valence-electron chi connectivity index (χ4n) is 2.10. The number of rotatable bonds is 1. The molecular formula is C15H13FN2O2. The van der Waals surface area contributed by atoms with Crippen molar-refractivity contribution < 1.29 is 13.9 Å². The fourth-order valence-corrected chi connectivity index (χ4v) is 2.10. The quantitative estimate of drug-likeness (QED) is 0.865. The highest BCUT2D eigenvalue weighted by molar-refractivity contribution is 6.02. The van der Waals surface area contributed by atoms with Crippen molar-refractivity contribution in [1.29, 1.82) is 0 Å². The second kappa shape index (κ2) is 5.21. The van der Waals surface area contributed by atoms with Gasteiger partial charge in [-0.2, -0.15) is 0 Å². The summed E-state index contributed by atoms with van der Waals surface area (Å²) in [6.07, 6.45) is 0. The van der Waals surface area contributed by atoms with E-state index in [2.05, 4.69) is 5.32 Å². The Bertz CT molecular complexity index is 628. The number of nitrogens with one attached hydrogen (secondary N) is 1. The lowest BCUT2D eigenvalue weighted by Gasteiger charge is -2.29. The molecule has 4 nitrogen and oxygen atoms in total. The largest absolute Gasteiger partial charge is 0.490 e. The molecule has 1 aliphatic rings. The molecule has 0 fully saturated rings. The maximum absolute atomic E-state index is 12.8. The van der Waals surface area contributed by atoms with Crippen LogP contribution in [0.1, 0.15) is 0 Å². The molecule has 2 amide bonds. The minimum atomic E-state index is -0.334. The predicted octanol–water partition coefficient (Wildman–Crippen LogP) is 3.26. The third-order valence-corrected chi connectivity index (χ3v) is 3.07. The Morgan fingerprint density at radius 2 is 1.90 bits per heavy atom. The molecule has 1 heterocycles. The maximum atomic E-state index is 12.8. The van der Waals surface area contributed by atoms with E-state index in [1.807, 2.05) is 24.3 Å². The highest BCUT2D eigenvalue weighted by Gasteiger charge is 2.23. The van der Waals surface area contributed by atoms with Gasteiger partial charge in [-0.25, -0.2) is 9.18 Å². The van der Waals surface area contributed by atoms with Gasteiger partial charge in [0, 0.05) is 5.69 Å². The molecule has 0 spiro atoms. The highest BCUT2D eigenvalue weighted by atomic mass is 19.1. The lowest BCUT2D eigenvalue weighted by molar-refractivity contribution is 0.250. The molecule has 102 valence electrons. The van der Waals surface area contributed by atoms with Crippen LogP contribution in [-0.4, -0.2) is 19.2 Å². The highest BCUT2D eigenvalue weighted by Crippen LogP contribution is 2.31. The number of ether oxygens (including phenoxy) is 1. The van der Waals surface area contributed by atoms with E-state index in [1.54, 1.807) is 4.90 Å². The molecule has 0 aliphatic carbocycles. The Morgan fingerprint density at radius 3 is 2.70 bits per heavy atom. The van der Waals surface area contributed by atoms with Crippen LogP contribution in [0, 0.1) is 5.82 Å². The number of carbonyl (C=O) groups excluding carboxylic acids is 1. The van der Waals surface area contributed by atoms with E-state index in [-0.39, 0.29) is 11.8 Å². The van der Waals surface area contributed by atoms with Crippen LogP contribution in [0.3, 0.4) is 0 Å². The molecule has 2 aromatic carbocycles. The number of hydrogen-bond donors (Lipinski definition) is 1. The van der Waals surface area contributed by atoms with E-state index < -0.39 is 0 Å². The molecule has 3 rings (SSSR count).